The Labute approximate surface area is 114 Å². The number of benzene rings is 1. The van der Waals surface area contributed by atoms with Crippen LogP contribution < -0.4 is 9.47 Å². The summed E-state index contributed by atoms with van der Waals surface area (Å²) >= 11 is 6.73. The van der Waals surface area contributed by atoms with Crippen molar-refractivity contribution in [2.45, 2.75) is 10.1 Å². The molecule has 4 nitrogen and oxygen atoms in total. The van der Waals surface area contributed by atoms with Gasteiger partial charge in [-0.25, -0.2) is 0 Å². The maximum atomic E-state index is 5.35. The second kappa shape index (κ2) is 4.83. The molecule has 1 aromatic heterocycles. The summed E-state index contributed by atoms with van der Waals surface area (Å²) in [4.78, 5) is 0. The van der Waals surface area contributed by atoms with E-state index in [4.69, 9.17) is 9.47 Å². The maximum absolute atomic E-state index is 5.35. The molecule has 0 saturated carbocycles. The van der Waals surface area contributed by atoms with Gasteiger partial charge in [-0.05, 0) is 17.7 Å². The van der Waals surface area contributed by atoms with Crippen molar-refractivity contribution < 1.29 is 9.47 Å². The molecule has 88 valence electrons. The van der Waals surface area contributed by atoms with Crippen LogP contribution in [0.1, 0.15) is 5.56 Å². The number of hydrogen-bond donors (Lipinski definition) is 0. The molecule has 0 spiro atoms. The molecule has 0 bridgehead atoms. The lowest BCUT2D eigenvalue weighted by molar-refractivity contribution is 0.174. The van der Waals surface area contributed by atoms with Gasteiger partial charge in [0.1, 0.15) is 5.51 Å². The largest absolute Gasteiger partial charge is 0.454 e. The van der Waals surface area contributed by atoms with Crippen molar-refractivity contribution in [3.8, 4) is 11.5 Å². The summed E-state index contributed by atoms with van der Waals surface area (Å²) in [5.41, 5.74) is 2.89. The molecule has 0 N–H and O–H groups in total. The molecular weight excluding hydrogens is 324 g/mol. The summed E-state index contributed by atoms with van der Waals surface area (Å²) in [5.74, 6) is 2.43. The van der Waals surface area contributed by atoms with Crippen LogP contribution in [0.5, 0.6) is 11.5 Å². The van der Waals surface area contributed by atoms with Crippen molar-refractivity contribution in [3.05, 3.63) is 27.7 Å². The van der Waals surface area contributed by atoms with Crippen LogP contribution in [0.3, 0.4) is 0 Å². The van der Waals surface area contributed by atoms with E-state index in [0.29, 0.717) is 6.79 Å². The van der Waals surface area contributed by atoms with Gasteiger partial charge in [0.25, 0.3) is 0 Å². The monoisotopic (exact) mass is 330 g/mol. The smallest absolute Gasteiger partial charge is 0.231 e. The van der Waals surface area contributed by atoms with E-state index < -0.39 is 0 Å². The fourth-order valence-corrected chi connectivity index (χ4v) is 3.56. The minimum absolute atomic E-state index is 0.300. The van der Waals surface area contributed by atoms with Gasteiger partial charge in [0.05, 0.1) is 0 Å². The molecule has 3 rings (SSSR count). The summed E-state index contributed by atoms with van der Waals surface area (Å²) < 4.78 is 12.7. The molecule has 0 unspecified atom stereocenters. The van der Waals surface area contributed by atoms with E-state index in [1.165, 1.54) is 0 Å². The summed E-state index contributed by atoms with van der Waals surface area (Å²) in [5, 5.41) is 7.80. The molecule has 0 fully saturated rings. The summed E-state index contributed by atoms with van der Waals surface area (Å²) in [6.07, 6.45) is 0. The quantitative estimate of drug-likeness (QED) is 0.808. The molecular formula is C10H7BrN2O2S2. The summed E-state index contributed by atoms with van der Waals surface area (Å²) in [6.45, 7) is 0.300. The van der Waals surface area contributed by atoms with Gasteiger partial charge in [-0.15, -0.1) is 10.2 Å². The third-order valence-corrected chi connectivity index (χ3v) is 4.88. The van der Waals surface area contributed by atoms with Crippen molar-refractivity contribution in [1.82, 2.24) is 10.2 Å². The van der Waals surface area contributed by atoms with Crippen LogP contribution >= 0.6 is 39.0 Å². The van der Waals surface area contributed by atoms with Crippen LogP contribution in [0.15, 0.2) is 26.5 Å². The highest BCUT2D eigenvalue weighted by atomic mass is 79.9. The van der Waals surface area contributed by atoms with Crippen LogP contribution in [0.25, 0.3) is 0 Å². The molecule has 1 aliphatic rings. The third kappa shape index (κ3) is 2.41. The Bertz CT molecular complexity index is 533. The van der Waals surface area contributed by atoms with Crippen molar-refractivity contribution in [3.63, 3.8) is 0 Å². The highest BCUT2D eigenvalue weighted by Crippen LogP contribution is 2.38. The van der Waals surface area contributed by atoms with Crippen LogP contribution in [-0.4, -0.2) is 17.0 Å². The number of thioether (sulfide) groups is 1. The zero-order chi connectivity index (χ0) is 11.7. The Morgan fingerprint density at radius 3 is 2.94 bits per heavy atom. The molecule has 1 aromatic carbocycles. The van der Waals surface area contributed by atoms with Crippen molar-refractivity contribution in [1.29, 1.82) is 0 Å². The fourth-order valence-electron chi connectivity index (χ4n) is 1.44. The lowest BCUT2D eigenvalue weighted by Gasteiger charge is -2.04. The second-order valence-electron chi connectivity index (χ2n) is 3.29. The number of rotatable bonds is 3. The van der Waals surface area contributed by atoms with Gasteiger partial charge in [-0.3, -0.25) is 0 Å². The average Bonchev–Trinajstić information content (AvgIpc) is 2.95. The predicted octanol–water partition coefficient (Wildman–Crippen LogP) is 3.32. The molecule has 0 radical (unpaired) electrons. The van der Waals surface area contributed by atoms with E-state index in [1.54, 1.807) is 28.6 Å². The zero-order valence-corrected chi connectivity index (χ0v) is 11.8. The number of nitrogens with zero attached hydrogens (tertiary/aromatic N) is 2. The molecule has 7 heteroatoms. The molecule has 1 aliphatic heterocycles. The fraction of sp³-hybridized carbons (Fsp3) is 0.200. The number of aromatic nitrogens is 2. The van der Waals surface area contributed by atoms with Gasteiger partial charge in [-0.2, -0.15) is 0 Å². The van der Waals surface area contributed by atoms with Crippen molar-refractivity contribution in [2.75, 3.05) is 6.79 Å². The highest BCUT2D eigenvalue weighted by Gasteiger charge is 2.16. The first-order valence-corrected chi connectivity index (χ1v) is 7.46. The standard InChI is InChI=1S/C10H7BrN2O2S2/c11-7-2-9-8(14-5-15-9)1-6(7)3-16-10-13-12-4-17-10/h1-2,4H,3,5H2. The minimum Gasteiger partial charge on any atom is -0.454 e. The van der Waals surface area contributed by atoms with Gasteiger partial charge >= 0.3 is 0 Å². The molecule has 0 aliphatic carbocycles. The molecule has 0 amide bonds. The topological polar surface area (TPSA) is 44.2 Å². The molecule has 2 heterocycles. The molecule has 2 aromatic rings. The maximum Gasteiger partial charge on any atom is 0.231 e. The lowest BCUT2D eigenvalue weighted by atomic mass is 10.2. The van der Waals surface area contributed by atoms with Gasteiger partial charge in [-0.1, -0.05) is 39.0 Å². The van der Waals surface area contributed by atoms with Gasteiger partial charge in [0.2, 0.25) is 6.79 Å². The second-order valence-corrected chi connectivity index (χ2v) is 6.20. The summed E-state index contributed by atoms with van der Waals surface area (Å²) in [6, 6.07) is 3.94. The number of hydrogen-bond acceptors (Lipinski definition) is 6. The van der Waals surface area contributed by atoms with E-state index >= 15 is 0 Å². The Morgan fingerprint density at radius 2 is 2.18 bits per heavy atom. The average molecular weight is 331 g/mol. The van der Waals surface area contributed by atoms with Crippen LogP contribution in [-0.2, 0) is 5.75 Å². The SMILES string of the molecule is Brc1cc2c(cc1CSc1nncs1)OCO2. The van der Waals surface area contributed by atoms with E-state index in [0.717, 1.165) is 31.6 Å². The Balaban J connectivity index is 1.79. The first kappa shape index (κ1) is 11.3. The summed E-state index contributed by atoms with van der Waals surface area (Å²) in [7, 11) is 0. The van der Waals surface area contributed by atoms with Gasteiger partial charge in [0.15, 0.2) is 15.8 Å². The number of ether oxygens (including phenoxy) is 2. The number of halogens is 1. The minimum atomic E-state index is 0.300. The van der Waals surface area contributed by atoms with E-state index in [-0.39, 0.29) is 0 Å². The third-order valence-electron chi connectivity index (χ3n) is 2.23. The van der Waals surface area contributed by atoms with Crippen molar-refractivity contribution >= 4 is 39.0 Å². The first-order chi connectivity index (χ1) is 8.33. The molecule has 17 heavy (non-hydrogen) atoms. The Hall–Kier alpha value is -0.790. The van der Waals surface area contributed by atoms with E-state index in [9.17, 15) is 0 Å². The van der Waals surface area contributed by atoms with Crippen LogP contribution in [0.4, 0.5) is 0 Å². The first-order valence-electron chi connectivity index (χ1n) is 4.80. The predicted molar refractivity (Wildman–Crippen MR) is 69.7 cm³/mol. The molecule has 0 saturated heterocycles. The zero-order valence-electron chi connectivity index (χ0n) is 8.55. The molecule has 0 atom stereocenters. The lowest BCUT2D eigenvalue weighted by Crippen LogP contribution is -1.92. The van der Waals surface area contributed by atoms with E-state index in [2.05, 4.69) is 26.1 Å². The van der Waals surface area contributed by atoms with Gasteiger partial charge in [0, 0.05) is 10.2 Å². The van der Waals surface area contributed by atoms with Crippen LogP contribution in [0.2, 0.25) is 0 Å². The normalized spacial score (nSPS) is 13.0. The highest BCUT2D eigenvalue weighted by molar-refractivity contribution is 9.10. The van der Waals surface area contributed by atoms with Crippen LogP contribution in [0, 0.1) is 0 Å². The van der Waals surface area contributed by atoms with Crippen molar-refractivity contribution in [2.24, 2.45) is 0 Å². The van der Waals surface area contributed by atoms with Gasteiger partial charge < -0.3 is 9.47 Å². The Morgan fingerprint density at radius 1 is 1.35 bits per heavy atom. The van der Waals surface area contributed by atoms with E-state index in [1.807, 2.05) is 12.1 Å². The number of fused-ring (bicyclic) bond motifs is 1. The Kier molecular flexibility index (Phi) is 3.21.